The molecule has 1 aliphatic rings. The molecule has 1 rings (SSSR count). The van der Waals surface area contributed by atoms with Gasteiger partial charge < -0.3 is 15.5 Å². The maximum absolute atomic E-state index is 11.6. The number of carbonyl (C=O) groups is 1. The summed E-state index contributed by atoms with van der Waals surface area (Å²) >= 11 is 1.73. The summed E-state index contributed by atoms with van der Waals surface area (Å²) in [4.78, 5) is 14.0. The molecule has 7 heteroatoms. The Labute approximate surface area is 140 Å². The summed E-state index contributed by atoms with van der Waals surface area (Å²) < 4.78 is 0. The molecule has 2 N–H and O–H groups in total. The Hall–Kier alpha value is 0.320. The molecular weight excluding hydrogens is 317 g/mol. The monoisotopic (exact) mass is 345 g/mol. The summed E-state index contributed by atoms with van der Waals surface area (Å²) in [6.07, 6.45) is 2.43. The second-order valence-corrected chi connectivity index (χ2v) is 5.78. The minimum atomic E-state index is 0. The summed E-state index contributed by atoms with van der Waals surface area (Å²) in [5.74, 6) is 1.80. The minimum Gasteiger partial charge on any atom is -0.354 e. The van der Waals surface area contributed by atoms with Gasteiger partial charge in [0.25, 0.3) is 0 Å². The third-order valence-corrected chi connectivity index (χ3v) is 4.33. The Morgan fingerprint density at radius 2 is 2.05 bits per heavy atom. The van der Waals surface area contributed by atoms with Gasteiger partial charge in [0, 0.05) is 24.9 Å². The van der Waals surface area contributed by atoms with Crippen LogP contribution in [0.15, 0.2) is 0 Å². The molecule has 4 nitrogen and oxygen atoms in total. The van der Waals surface area contributed by atoms with Gasteiger partial charge in [0.1, 0.15) is 0 Å². The Morgan fingerprint density at radius 1 is 1.35 bits per heavy atom. The van der Waals surface area contributed by atoms with Gasteiger partial charge in [0.05, 0.1) is 5.75 Å². The van der Waals surface area contributed by atoms with E-state index >= 15 is 0 Å². The fraction of sp³-hybridized carbons (Fsp3) is 0.923. The molecule has 0 radical (unpaired) electrons. The lowest BCUT2D eigenvalue weighted by atomic mass is 10.2. The zero-order valence-electron chi connectivity index (χ0n) is 12.5. The first-order chi connectivity index (χ1) is 8.76. The van der Waals surface area contributed by atoms with Crippen molar-refractivity contribution in [3.05, 3.63) is 0 Å². The van der Waals surface area contributed by atoms with Crippen LogP contribution in [-0.2, 0) is 4.79 Å². The van der Waals surface area contributed by atoms with Crippen LogP contribution in [0.1, 0.15) is 26.7 Å². The summed E-state index contributed by atoms with van der Waals surface area (Å²) in [6, 6.07) is 0.495. The number of nitrogens with one attached hydrogen (secondary N) is 2. The summed E-state index contributed by atoms with van der Waals surface area (Å²) in [5, 5.41) is 6.39. The summed E-state index contributed by atoms with van der Waals surface area (Å²) in [5.41, 5.74) is 0. The molecular formula is C13H29Cl2N3OS. The van der Waals surface area contributed by atoms with E-state index in [1.54, 1.807) is 11.8 Å². The molecule has 0 spiro atoms. The molecule has 0 aromatic heterocycles. The van der Waals surface area contributed by atoms with Gasteiger partial charge >= 0.3 is 0 Å². The van der Waals surface area contributed by atoms with Crippen LogP contribution in [0.4, 0.5) is 0 Å². The molecule has 0 bridgehead atoms. The molecule has 1 saturated heterocycles. The number of nitrogens with zero attached hydrogens (tertiary/aromatic N) is 1. The third-order valence-electron chi connectivity index (χ3n) is 3.39. The van der Waals surface area contributed by atoms with Crippen molar-refractivity contribution in [1.29, 1.82) is 0 Å². The van der Waals surface area contributed by atoms with Crippen LogP contribution in [0, 0.1) is 0 Å². The van der Waals surface area contributed by atoms with Crippen molar-refractivity contribution in [3.63, 3.8) is 0 Å². The Kier molecular flexibility index (Phi) is 16.1. The normalized spacial score (nSPS) is 17.4. The highest BCUT2D eigenvalue weighted by molar-refractivity contribution is 7.99. The quantitative estimate of drug-likeness (QED) is 0.625. The highest BCUT2D eigenvalue weighted by Gasteiger charge is 2.14. The zero-order chi connectivity index (χ0) is 13.2. The fourth-order valence-corrected chi connectivity index (χ4v) is 2.94. The van der Waals surface area contributed by atoms with Crippen molar-refractivity contribution >= 4 is 42.5 Å². The van der Waals surface area contributed by atoms with Gasteiger partial charge in [-0.25, -0.2) is 0 Å². The average molecular weight is 346 g/mol. The molecule has 122 valence electrons. The molecule has 1 amide bonds. The predicted octanol–water partition coefficient (Wildman–Crippen LogP) is 1.77. The smallest absolute Gasteiger partial charge is 0.230 e. The molecule has 1 heterocycles. The van der Waals surface area contributed by atoms with Gasteiger partial charge in [-0.3, -0.25) is 4.79 Å². The van der Waals surface area contributed by atoms with Crippen LogP contribution in [-0.4, -0.2) is 61.1 Å². The van der Waals surface area contributed by atoms with Crippen molar-refractivity contribution in [3.8, 4) is 0 Å². The number of hydrogen-bond donors (Lipinski definition) is 2. The number of amides is 1. The SMILES string of the molecule is CCN(CC)CCSCC(=O)NCC1CCCN1.Cl.Cl. The van der Waals surface area contributed by atoms with E-state index in [0.717, 1.165) is 38.5 Å². The average Bonchev–Trinajstić information content (AvgIpc) is 2.90. The number of thioether (sulfide) groups is 1. The number of carbonyl (C=O) groups excluding carboxylic acids is 1. The fourth-order valence-electron chi connectivity index (χ4n) is 2.12. The van der Waals surface area contributed by atoms with E-state index in [9.17, 15) is 4.79 Å². The van der Waals surface area contributed by atoms with E-state index in [4.69, 9.17) is 0 Å². The van der Waals surface area contributed by atoms with Crippen molar-refractivity contribution < 1.29 is 4.79 Å². The van der Waals surface area contributed by atoms with E-state index in [0.29, 0.717) is 11.8 Å². The van der Waals surface area contributed by atoms with Crippen LogP contribution in [0.3, 0.4) is 0 Å². The maximum atomic E-state index is 11.6. The molecule has 1 aliphatic heterocycles. The first kappa shape index (κ1) is 22.6. The van der Waals surface area contributed by atoms with Gasteiger partial charge in [-0.2, -0.15) is 11.8 Å². The molecule has 0 aromatic rings. The van der Waals surface area contributed by atoms with E-state index in [1.165, 1.54) is 12.8 Å². The first-order valence-electron chi connectivity index (χ1n) is 7.06. The Morgan fingerprint density at radius 3 is 2.60 bits per heavy atom. The second kappa shape index (κ2) is 14.3. The third kappa shape index (κ3) is 10.1. The standard InChI is InChI=1S/C13H27N3OS.2ClH/c1-3-16(4-2)8-9-18-11-13(17)15-10-12-6-5-7-14-12;;/h12,14H,3-11H2,1-2H3,(H,15,17);2*1H. The lowest BCUT2D eigenvalue weighted by Crippen LogP contribution is -2.38. The van der Waals surface area contributed by atoms with Gasteiger partial charge in [-0.05, 0) is 32.5 Å². The lowest BCUT2D eigenvalue weighted by Gasteiger charge is -2.17. The highest BCUT2D eigenvalue weighted by Crippen LogP contribution is 2.04. The molecule has 0 aromatic carbocycles. The van der Waals surface area contributed by atoms with Crippen molar-refractivity contribution in [2.24, 2.45) is 0 Å². The van der Waals surface area contributed by atoms with Gasteiger partial charge in [0.15, 0.2) is 0 Å². The summed E-state index contributed by atoms with van der Waals surface area (Å²) in [7, 11) is 0. The first-order valence-corrected chi connectivity index (χ1v) is 8.21. The van der Waals surface area contributed by atoms with Crippen LogP contribution >= 0.6 is 36.6 Å². The number of rotatable bonds is 9. The Bertz CT molecular complexity index is 238. The molecule has 0 aliphatic carbocycles. The minimum absolute atomic E-state index is 0. The van der Waals surface area contributed by atoms with E-state index in [-0.39, 0.29) is 30.7 Å². The zero-order valence-corrected chi connectivity index (χ0v) is 15.0. The van der Waals surface area contributed by atoms with Gasteiger partial charge in [-0.1, -0.05) is 13.8 Å². The van der Waals surface area contributed by atoms with E-state index in [1.807, 2.05) is 0 Å². The van der Waals surface area contributed by atoms with Crippen LogP contribution in [0.25, 0.3) is 0 Å². The van der Waals surface area contributed by atoms with E-state index in [2.05, 4.69) is 29.4 Å². The Balaban J connectivity index is 0. The highest BCUT2D eigenvalue weighted by atomic mass is 35.5. The second-order valence-electron chi connectivity index (χ2n) is 4.68. The van der Waals surface area contributed by atoms with Crippen molar-refractivity contribution in [2.75, 3.05) is 44.2 Å². The van der Waals surface area contributed by atoms with Crippen LogP contribution in [0.5, 0.6) is 0 Å². The molecule has 1 unspecified atom stereocenters. The molecule has 1 atom stereocenters. The van der Waals surface area contributed by atoms with Crippen molar-refractivity contribution in [2.45, 2.75) is 32.7 Å². The number of hydrogen-bond acceptors (Lipinski definition) is 4. The lowest BCUT2D eigenvalue weighted by molar-refractivity contribution is -0.118. The van der Waals surface area contributed by atoms with Gasteiger partial charge in [0.2, 0.25) is 5.91 Å². The van der Waals surface area contributed by atoms with E-state index < -0.39 is 0 Å². The molecule has 20 heavy (non-hydrogen) atoms. The largest absolute Gasteiger partial charge is 0.354 e. The topological polar surface area (TPSA) is 44.4 Å². The van der Waals surface area contributed by atoms with Gasteiger partial charge in [-0.15, -0.1) is 24.8 Å². The molecule has 1 fully saturated rings. The number of halogens is 2. The maximum Gasteiger partial charge on any atom is 0.230 e. The van der Waals surface area contributed by atoms with Crippen molar-refractivity contribution in [1.82, 2.24) is 15.5 Å². The predicted molar refractivity (Wildman–Crippen MR) is 93.6 cm³/mol. The molecule has 0 saturated carbocycles. The van der Waals surface area contributed by atoms with Crippen LogP contribution < -0.4 is 10.6 Å². The summed E-state index contributed by atoms with van der Waals surface area (Å²) in [6.45, 7) is 9.50. The van der Waals surface area contributed by atoms with Crippen LogP contribution in [0.2, 0.25) is 0 Å².